The number of nitrogens with zero attached hydrogens (tertiary/aromatic N) is 2. The van der Waals surface area contributed by atoms with Crippen molar-refractivity contribution in [2.45, 2.75) is 26.0 Å². The first-order valence-corrected chi connectivity index (χ1v) is 4.45. The van der Waals surface area contributed by atoms with Crippen LogP contribution >= 0.6 is 0 Å². The van der Waals surface area contributed by atoms with E-state index in [1.807, 2.05) is 0 Å². The van der Waals surface area contributed by atoms with Crippen LogP contribution in [0.3, 0.4) is 0 Å². The maximum absolute atomic E-state index is 5.47. The number of aromatic nitrogens is 2. The molecule has 2 unspecified atom stereocenters. The lowest BCUT2D eigenvalue weighted by atomic mass is 10.0. The second kappa shape index (κ2) is 3.43. The van der Waals surface area contributed by atoms with Crippen molar-refractivity contribution in [3.8, 4) is 0 Å². The van der Waals surface area contributed by atoms with Crippen LogP contribution in [0.25, 0.3) is 0 Å². The highest BCUT2D eigenvalue weighted by molar-refractivity contribution is 4.91. The second-order valence-corrected chi connectivity index (χ2v) is 3.30. The van der Waals surface area contributed by atoms with E-state index < -0.39 is 0 Å². The maximum atomic E-state index is 5.47. The molecule has 2 rings (SSSR count). The van der Waals surface area contributed by atoms with E-state index in [9.17, 15) is 0 Å². The van der Waals surface area contributed by atoms with Crippen molar-refractivity contribution in [2.24, 2.45) is 11.7 Å². The van der Waals surface area contributed by atoms with Gasteiger partial charge in [-0.05, 0) is 12.3 Å². The Balaban J connectivity index is 2.15. The van der Waals surface area contributed by atoms with Gasteiger partial charge < -0.3 is 14.9 Å². The van der Waals surface area contributed by atoms with E-state index in [1.54, 1.807) is 0 Å². The highest BCUT2D eigenvalue weighted by Crippen LogP contribution is 2.32. The fourth-order valence-electron chi connectivity index (χ4n) is 1.48. The van der Waals surface area contributed by atoms with Crippen molar-refractivity contribution in [3.63, 3.8) is 0 Å². The third-order valence-electron chi connectivity index (χ3n) is 2.29. The normalized spacial score (nSPS) is 28.2. The summed E-state index contributed by atoms with van der Waals surface area (Å²) < 4.78 is 10.8. The van der Waals surface area contributed by atoms with Crippen molar-refractivity contribution in [2.75, 3.05) is 6.61 Å². The zero-order valence-corrected chi connectivity index (χ0v) is 7.56. The molecule has 5 heteroatoms. The largest absolute Gasteiger partial charge is 0.421 e. The molecular formula is C8H13N3O2. The second-order valence-electron chi connectivity index (χ2n) is 3.30. The van der Waals surface area contributed by atoms with Gasteiger partial charge in [0.25, 0.3) is 0 Å². The van der Waals surface area contributed by atoms with Crippen molar-refractivity contribution in [1.82, 2.24) is 10.2 Å². The summed E-state index contributed by atoms with van der Waals surface area (Å²) in [5, 5.41) is 7.69. The van der Waals surface area contributed by atoms with Crippen LogP contribution < -0.4 is 5.73 Å². The molecule has 1 fully saturated rings. The van der Waals surface area contributed by atoms with E-state index in [-0.39, 0.29) is 12.6 Å². The zero-order valence-electron chi connectivity index (χ0n) is 7.56. The first-order valence-electron chi connectivity index (χ1n) is 4.45. The molecule has 5 nitrogen and oxygen atoms in total. The Morgan fingerprint density at radius 2 is 2.38 bits per heavy atom. The molecule has 13 heavy (non-hydrogen) atoms. The lowest BCUT2D eigenvalue weighted by molar-refractivity contribution is 0.0705. The maximum Gasteiger partial charge on any atom is 0.245 e. The lowest BCUT2D eigenvalue weighted by Crippen LogP contribution is -2.03. The minimum absolute atomic E-state index is 0.0344. The van der Waals surface area contributed by atoms with E-state index in [0.29, 0.717) is 17.7 Å². The number of hydrogen-bond acceptors (Lipinski definition) is 5. The monoisotopic (exact) mass is 183 g/mol. The van der Waals surface area contributed by atoms with Gasteiger partial charge in [0, 0.05) is 6.61 Å². The minimum atomic E-state index is -0.0344. The average Bonchev–Trinajstić information content (AvgIpc) is 2.71. The Morgan fingerprint density at radius 3 is 2.92 bits per heavy atom. The van der Waals surface area contributed by atoms with Gasteiger partial charge in [-0.3, -0.25) is 0 Å². The predicted octanol–water partition coefficient (Wildman–Crippen LogP) is 0.626. The lowest BCUT2D eigenvalue weighted by Gasteiger charge is -2.08. The van der Waals surface area contributed by atoms with Crippen LogP contribution in [0.5, 0.6) is 0 Å². The topological polar surface area (TPSA) is 74.2 Å². The molecule has 1 aromatic heterocycles. The van der Waals surface area contributed by atoms with Gasteiger partial charge in [0.05, 0.1) is 6.54 Å². The minimum Gasteiger partial charge on any atom is -0.421 e. The highest BCUT2D eigenvalue weighted by Gasteiger charge is 2.30. The Bertz CT molecular complexity index is 287. The van der Waals surface area contributed by atoms with Gasteiger partial charge in [-0.1, -0.05) is 6.92 Å². The molecule has 2 N–H and O–H groups in total. The first kappa shape index (κ1) is 8.65. The van der Waals surface area contributed by atoms with Crippen LogP contribution in [0, 0.1) is 5.92 Å². The fraction of sp³-hybridized carbons (Fsp3) is 0.750. The molecular weight excluding hydrogens is 170 g/mol. The summed E-state index contributed by atoms with van der Waals surface area (Å²) in [6.07, 6.45) is 1.01. The van der Waals surface area contributed by atoms with E-state index in [4.69, 9.17) is 14.9 Å². The van der Waals surface area contributed by atoms with E-state index >= 15 is 0 Å². The number of ether oxygens (including phenoxy) is 1. The Kier molecular flexibility index (Phi) is 2.28. The summed E-state index contributed by atoms with van der Waals surface area (Å²) in [6, 6.07) is 0. The van der Waals surface area contributed by atoms with Gasteiger partial charge in [-0.15, -0.1) is 10.2 Å². The first-order chi connectivity index (χ1) is 6.31. The molecule has 2 heterocycles. The van der Waals surface area contributed by atoms with Crippen molar-refractivity contribution in [3.05, 3.63) is 11.8 Å². The van der Waals surface area contributed by atoms with Crippen molar-refractivity contribution in [1.29, 1.82) is 0 Å². The Hall–Kier alpha value is -0.940. The average molecular weight is 183 g/mol. The number of nitrogens with two attached hydrogens (primary N) is 1. The molecule has 2 atom stereocenters. The quantitative estimate of drug-likeness (QED) is 0.727. The van der Waals surface area contributed by atoms with E-state index in [0.717, 1.165) is 13.0 Å². The van der Waals surface area contributed by atoms with Gasteiger partial charge in [-0.2, -0.15) is 0 Å². The van der Waals surface area contributed by atoms with Gasteiger partial charge in [0.1, 0.15) is 6.10 Å². The van der Waals surface area contributed by atoms with Gasteiger partial charge in [0.2, 0.25) is 11.8 Å². The zero-order chi connectivity index (χ0) is 9.26. The smallest absolute Gasteiger partial charge is 0.245 e. The summed E-state index contributed by atoms with van der Waals surface area (Å²) in [4.78, 5) is 0. The van der Waals surface area contributed by atoms with Crippen LogP contribution in [0.15, 0.2) is 4.42 Å². The summed E-state index contributed by atoms with van der Waals surface area (Å²) in [5.74, 6) is 1.48. The summed E-state index contributed by atoms with van der Waals surface area (Å²) in [6.45, 7) is 3.17. The van der Waals surface area contributed by atoms with Gasteiger partial charge in [0.15, 0.2) is 0 Å². The summed E-state index contributed by atoms with van der Waals surface area (Å²) in [5.41, 5.74) is 5.36. The molecule has 72 valence electrons. The van der Waals surface area contributed by atoms with Gasteiger partial charge >= 0.3 is 0 Å². The third-order valence-corrected chi connectivity index (χ3v) is 2.29. The van der Waals surface area contributed by atoms with Crippen LogP contribution in [0.4, 0.5) is 0 Å². The predicted molar refractivity (Wildman–Crippen MR) is 44.7 cm³/mol. The summed E-state index contributed by atoms with van der Waals surface area (Å²) in [7, 11) is 0. The van der Waals surface area contributed by atoms with Gasteiger partial charge in [-0.25, -0.2) is 0 Å². The van der Waals surface area contributed by atoms with Crippen molar-refractivity contribution >= 4 is 0 Å². The SMILES string of the molecule is CC1CCOC1c1nnc(CN)o1. The van der Waals surface area contributed by atoms with Crippen LogP contribution in [0.2, 0.25) is 0 Å². The van der Waals surface area contributed by atoms with Crippen molar-refractivity contribution < 1.29 is 9.15 Å². The summed E-state index contributed by atoms with van der Waals surface area (Å²) >= 11 is 0. The van der Waals surface area contributed by atoms with E-state index in [2.05, 4.69) is 17.1 Å². The third kappa shape index (κ3) is 1.57. The van der Waals surface area contributed by atoms with Crippen LogP contribution in [-0.2, 0) is 11.3 Å². The Labute approximate surface area is 76.3 Å². The molecule has 0 aromatic carbocycles. The molecule has 0 aliphatic carbocycles. The molecule has 1 saturated heterocycles. The highest BCUT2D eigenvalue weighted by atomic mass is 16.5. The van der Waals surface area contributed by atoms with E-state index in [1.165, 1.54) is 0 Å². The molecule has 1 aliphatic rings. The Morgan fingerprint density at radius 1 is 1.54 bits per heavy atom. The molecule has 0 saturated carbocycles. The number of hydrogen-bond donors (Lipinski definition) is 1. The molecule has 1 aromatic rings. The fourth-order valence-corrected chi connectivity index (χ4v) is 1.48. The molecule has 0 spiro atoms. The molecule has 1 aliphatic heterocycles. The number of rotatable bonds is 2. The van der Waals surface area contributed by atoms with Crippen LogP contribution in [-0.4, -0.2) is 16.8 Å². The molecule has 0 bridgehead atoms. The standard InChI is InChI=1S/C8H13N3O2/c1-5-2-3-12-7(5)8-11-10-6(4-9)13-8/h5,7H,2-4,9H2,1H3. The molecule has 0 amide bonds. The molecule has 0 radical (unpaired) electrons. The van der Waals surface area contributed by atoms with Crippen LogP contribution in [0.1, 0.15) is 31.2 Å².